The molecule has 1 aromatic heterocycles. The first-order chi connectivity index (χ1) is 18.5. The number of nitrogens with one attached hydrogen (secondary N) is 1. The molecule has 3 aromatic carbocycles. The smallest absolute Gasteiger partial charge is 0.244 e. The number of amides is 2. The van der Waals surface area contributed by atoms with Crippen molar-refractivity contribution in [2.45, 2.75) is 50.6 Å². The van der Waals surface area contributed by atoms with Crippen molar-refractivity contribution in [3.8, 4) is 0 Å². The summed E-state index contributed by atoms with van der Waals surface area (Å²) in [7, 11) is 0. The van der Waals surface area contributed by atoms with E-state index in [4.69, 9.17) is 10.7 Å². The fourth-order valence-corrected chi connectivity index (χ4v) is 5.70. The number of imidazole rings is 1. The van der Waals surface area contributed by atoms with Crippen LogP contribution in [-0.4, -0.2) is 33.1 Å². The zero-order valence-electron chi connectivity index (χ0n) is 21.4. The molecule has 38 heavy (non-hydrogen) atoms. The van der Waals surface area contributed by atoms with Gasteiger partial charge in [-0.2, -0.15) is 0 Å². The molecule has 3 atom stereocenters. The number of aromatic nitrogens is 2. The molecule has 0 spiro atoms. The van der Waals surface area contributed by atoms with Crippen LogP contribution in [0, 0.1) is 5.92 Å². The second-order valence-corrected chi connectivity index (χ2v) is 10.1. The van der Waals surface area contributed by atoms with Gasteiger partial charge in [0.05, 0.1) is 17.6 Å². The number of carbonyl (C=O) groups excluding carboxylic acids is 2. The van der Waals surface area contributed by atoms with Crippen LogP contribution in [-0.2, 0) is 22.6 Å². The SMILES string of the molecule is NC(=O)[C@@H](NC(=O)[C@@H]1CCCC[C@H]1c1ccc(Cn2c(CCO)nc3ccccc32)cc1)c1ccccc1. The van der Waals surface area contributed by atoms with Crippen LogP contribution in [0.5, 0.6) is 0 Å². The number of nitrogens with zero attached hydrogens (tertiary/aromatic N) is 2. The zero-order chi connectivity index (χ0) is 26.5. The van der Waals surface area contributed by atoms with Crippen molar-refractivity contribution >= 4 is 22.8 Å². The van der Waals surface area contributed by atoms with Gasteiger partial charge in [-0.15, -0.1) is 0 Å². The Morgan fingerprint density at radius 1 is 0.974 bits per heavy atom. The molecule has 1 aliphatic carbocycles. The number of aliphatic hydroxyl groups excluding tert-OH is 1. The molecule has 0 saturated heterocycles. The third-order valence-corrected chi connectivity index (χ3v) is 7.62. The van der Waals surface area contributed by atoms with Gasteiger partial charge in [0.15, 0.2) is 0 Å². The van der Waals surface area contributed by atoms with Crippen LogP contribution in [0.25, 0.3) is 11.0 Å². The number of aliphatic hydroxyl groups is 1. The Morgan fingerprint density at radius 3 is 2.42 bits per heavy atom. The highest BCUT2D eigenvalue weighted by molar-refractivity contribution is 5.89. The van der Waals surface area contributed by atoms with Crippen molar-refractivity contribution in [1.29, 1.82) is 0 Å². The van der Waals surface area contributed by atoms with E-state index in [1.165, 1.54) is 0 Å². The lowest BCUT2D eigenvalue weighted by molar-refractivity contribution is -0.131. The topological polar surface area (TPSA) is 110 Å². The summed E-state index contributed by atoms with van der Waals surface area (Å²) in [6.07, 6.45) is 4.27. The lowest BCUT2D eigenvalue weighted by atomic mass is 9.74. The third kappa shape index (κ3) is 5.48. The number of primary amides is 1. The van der Waals surface area contributed by atoms with Gasteiger partial charge in [0.2, 0.25) is 11.8 Å². The monoisotopic (exact) mass is 510 g/mol. The van der Waals surface area contributed by atoms with E-state index in [1.54, 1.807) is 0 Å². The summed E-state index contributed by atoms with van der Waals surface area (Å²) < 4.78 is 2.16. The molecule has 2 amide bonds. The number of carbonyl (C=O) groups is 2. The fourth-order valence-electron chi connectivity index (χ4n) is 5.70. The predicted molar refractivity (Wildman–Crippen MR) is 147 cm³/mol. The van der Waals surface area contributed by atoms with Gasteiger partial charge in [0, 0.05) is 18.9 Å². The first-order valence-electron chi connectivity index (χ1n) is 13.3. The van der Waals surface area contributed by atoms with E-state index < -0.39 is 11.9 Å². The summed E-state index contributed by atoms with van der Waals surface area (Å²) in [4.78, 5) is 30.3. The molecular formula is C31H34N4O3. The summed E-state index contributed by atoms with van der Waals surface area (Å²) in [6, 6.07) is 24.8. The second-order valence-electron chi connectivity index (χ2n) is 10.1. The molecule has 1 fully saturated rings. The van der Waals surface area contributed by atoms with Gasteiger partial charge in [-0.3, -0.25) is 9.59 Å². The van der Waals surface area contributed by atoms with Gasteiger partial charge in [-0.25, -0.2) is 4.98 Å². The van der Waals surface area contributed by atoms with Crippen molar-refractivity contribution in [2.24, 2.45) is 11.7 Å². The van der Waals surface area contributed by atoms with Crippen LogP contribution in [0.2, 0.25) is 0 Å². The molecule has 0 bridgehead atoms. The van der Waals surface area contributed by atoms with Gasteiger partial charge in [0.1, 0.15) is 11.9 Å². The molecule has 1 saturated carbocycles. The average molecular weight is 511 g/mol. The van der Waals surface area contributed by atoms with E-state index >= 15 is 0 Å². The van der Waals surface area contributed by atoms with E-state index in [1.807, 2.05) is 48.5 Å². The zero-order valence-corrected chi connectivity index (χ0v) is 21.4. The molecule has 5 rings (SSSR count). The normalized spacial score (nSPS) is 18.2. The third-order valence-electron chi connectivity index (χ3n) is 7.62. The van der Waals surface area contributed by atoms with Crippen LogP contribution in [0.15, 0.2) is 78.9 Å². The average Bonchev–Trinajstić information content (AvgIpc) is 3.29. The quantitative estimate of drug-likeness (QED) is 0.313. The summed E-state index contributed by atoms with van der Waals surface area (Å²) >= 11 is 0. The Morgan fingerprint density at radius 2 is 1.68 bits per heavy atom. The van der Waals surface area contributed by atoms with Gasteiger partial charge >= 0.3 is 0 Å². The Balaban J connectivity index is 1.34. The highest BCUT2D eigenvalue weighted by atomic mass is 16.3. The maximum absolute atomic E-state index is 13.4. The first kappa shape index (κ1) is 25.7. The minimum Gasteiger partial charge on any atom is -0.396 e. The molecule has 7 nitrogen and oxygen atoms in total. The van der Waals surface area contributed by atoms with Gasteiger partial charge in [-0.1, -0.05) is 79.6 Å². The molecule has 1 aliphatic rings. The number of benzene rings is 3. The molecule has 0 unspecified atom stereocenters. The van der Waals surface area contributed by atoms with Crippen molar-refractivity contribution < 1.29 is 14.7 Å². The highest BCUT2D eigenvalue weighted by Crippen LogP contribution is 2.38. The summed E-state index contributed by atoms with van der Waals surface area (Å²) in [6.45, 7) is 0.705. The van der Waals surface area contributed by atoms with Gasteiger partial charge in [0.25, 0.3) is 0 Å². The highest BCUT2D eigenvalue weighted by Gasteiger charge is 2.34. The fraction of sp³-hybridized carbons (Fsp3) is 0.323. The van der Waals surface area contributed by atoms with Crippen LogP contribution >= 0.6 is 0 Å². The maximum Gasteiger partial charge on any atom is 0.244 e. The molecular weight excluding hydrogens is 476 g/mol. The maximum atomic E-state index is 13.4. The Labute approximate surface area is 222 Å². The van der Waals surface area contributed by atoms with E-state index in [9.17, 15) is 14.7 Å². The molecule has 1 heterocycles. The predicted octanol–water partition coefficient (Wildman–Crippen LogP) is 4.24. The van der Waals surface area contributed by atoms with Crippen LogP contribution in [0.3, 0.4) is 0 Å². The number of rotatable bonds is 9. The number of hydrogen-bond donors (Lipinski definition) is 3. The van der Waals surface area contributed by atoms with Crippen LogP contribution in [0.4, 0.5) is 0 Å². The standard InChI is InChI=1S/C31H34N4O3/c32-30(37)29(23-8-2-1-3-9-23)34-31(38)25-11-5-4-10-24(25)22-16-14-21(15-17-22)20-35-27-13-7-6-12-26(27)33-28(35)18-19-36/h1-3,6-9,12-17,24-25,29,36H,4-5,10-11,18-20H2,(H2,32,37)(H,34,38)/t24-,25+,29-/m0/s1. The minimum atomic E-state index is -0.841. The molecule has 196 valence electrons. The number of fused-ring (bicyclic) bond motifs is 1. The number of para-hydroxylation sites is 2. The summed E-state index contributed by atoms with van der Waals surface area (Å²) in [5.74, 6) is 0.0538. The van der Waals surface area contributed by atoms with Gasteiger partial charge < -0.3 is 20.7 Å². The van der Waals surface area contributed by atoms with Crippen molar-refractivity contribution in [2.75, 3.05) is 6.61 Å². The number of nitrogens with two attached hydrogens (primary N) is 1. The lowest BCUT2D eigenvalue weighted by Gasteiger charge is -2.32. The van der Waals surface area contributed by atoms with Crippen molar-refractivity contribution in [3.63, 3.8) is 0 Å². The lowest BCUT2D eigenvalue weighted by Crippen LogP contribution is -2.42. The van der Waals surface area contributed by atoms with Gasteiger partial charge in [-0.05, 0) is 47.6 Å². The molecule has 4 aromatic rings. The second kappa shape index (κ2) is 11.6. The number of hydrogen-bond acceptors (Lipinski definition) is 4. The Hall–Kier alpha value is -3.97. The Kier molecular flexibility index (Phi) is 7.84. The van der Waals surface area contributed by atoms with E-state index in [0.717, 1.165) is 53.7 Å². The molecule has 0 radical (unpaired) electrons. The Bertz CT molecular complexity index is 1400. The molecule has 7 heteroatoms. The van der Waals surface area contributed by atoms with E-state index in [2.05, 4.69) is 40.2 Å². The van der Waals surface area contributed by atoms with E-state index in [0.29, 0.717) is 18.5 Å². The summed E-state index contributed by atoms with van der Waals surface area (Å²) in [5, 5.41) is 12.5. The van der Waals surface area contributed by atoms with Crippen molar-refractivity contribution in [3.05, 3.63) is 101 Å². The van der Waals surface area contributed by atoms with Crippen molar-refractivity contribution in [1.82, 2.24) is 14.9 Å². The van der Waals surface area contributed by atoms with Crippen LogP contribution < -0.4 is 11.1 Å². The molecule has 4 N–H and O–H groups in total. The summed E-state index contributed by atoms with van der Waals surface area (Å²) in [5.41, 5.74) is 10.6. The first-order valence-corrected chi connectivity index (χ1v) is 13.3. The van der Waals surface area contributed by atoms with Crippen LogP contribution in [0.1, 0.15) is 60.2 Å². The minimum absolute atomic E-state index is 0.0499. The van der Waals surface area contributed by atoms with E-state index in [-0.39, 0.29) is 24.3 Å². The molecule has 0 aliphatic heterocycles. The largest absolute Gasteiger partial charge is 0.396 e.